The molecular formula is C17H18N2OS. The Morgan fingerprint density at radius 2 is 2.00 bits per heavy atom. The standard InChI is InChI=1S/C17H18N2OS/c1-2-21(18)15-8-9-16-14(12-15)10-11-19(16)17(20)13-6-4-3-5-7-13/h2-9,12H,10-11,18H2,1H3. The van der Waals surface area contributed by atoms with Crippen LogP contribution in [-0.2, 0) is 6.42 Å². The Bertz CT molecular complexity index is 710. The van der Waals surface area contributed by atoms with Gasteiger partial charge < -0.3 is 4.90 Å². The SMILES string of the molecule is C/C=S(/N)c1ccc2c(c1)CCN2C(=O)c1ccccc1. The zero-order valence-electron chi connectivity index (χ0n) is 12.0. The van der Waals surface area contributed by atoms with Crippen LogP contribution in [0.25, 0.3) is 0 Å². The molecule has 0 saturated carbocycles. The van der Waals surface area contributed by atoms with Gasteiger partial charge in [-0.05, 0) is 54.6 Å². The fourth-order valence-electron chi connectivity index (χ4n) is 2.61. The quantitative estimate of drug-likeness (QED) is 0.865. The Kier molecular flexibility index (Phi) is 3.90. The number of carbonyl (C=O) groups excluding carboxylic acids is 1. The maximum Gasteiger partial charge on any atom is 0.258 e. The van der Waals surface area contributed by atoms with Gasteiger partial charge in [-0.1, -0.05) is 28.9 Å². The van der Waals surface area contributed by atoms with Crippen molar-refractivity contribution in [2.45, 2.75) is 18.2 Å². The second-order valence-electron chi connectivity index (χ2n) is 4.97. The summed E-state index contributed by atoms with van der Waals surface area (Å²) in [6, 6.07) is 15.6. The van der Waals surface area contributed by atoms with Gasteiger partial charge in [0, 0.05) is 22.7 Å². The van der Waals surface area contributed by atoms with Gasteiger partial charge in [0.15, 0.2) is 0 Å². The van der Waals surface area contributed by atoms with Crippen LogP contribution < -0.4 is 10.0 Å². The summed E-state index contributed by atoms with van der Waals surface area (Å²) in [6.45, 7) is 2.71. The van der Waals surface area contributed by atoms with E-state index in [-0.39, 0.29) is 16.6 Å². The summed E-state index contributed by atoms with van der Waals surface area (Å²) in [5.41, 5.74) is 2.96. The minimum atomic E-state index is -0.319. The Hall–Kier alpha value is -1.91. The first-order chi connectivity index (χ1) is 10.2. The van der Waals surface area contributed by atoms with Crippen LogP contribution in [0.2, 0.25) is 0 Å². The molecule has 0 radical (unpaired) electrons. The molecule has 0 bridgehead atoms. The summed E-state index contributed by atoms with van der Waals surface area (Å²) in [7, 11) is -0.319. The molecule has 1 amide bonds. The fraction of sp³-hybridized carbons (Fsp3) is 0.176. The Balaban J connectivity index is 1.93. The molecule has 3 rings (SSSR count). The molecule has 4 heteroatoms. The molecule has 0 fully saturated rings. The van der Waals surface area contributed by atoms with Gasteiger partial charge in [-0.2, -0.15) is 0 Å². The van der Waals surface area contributed by atoms with Crippen molar-refractivity contribution in [2.75, 3.05) is 11.4 Å². The highest BCUT2D eigenvalue weighted by atomic mass is 32.2. The van der Waals surface area contributed by atoms with Crippen LogP contribution in [-0.4, -0.2) is 17.8 Å². The van der Waals surface area contributed by atoms with E-state index in [1.807, 2.05) is 59.7 Å². The van der Waals surface area contributed by atoms with Crippen LogP contribution in [0.1, 0.15) is 22.8 Å². The lowest BCUT2D eigenvalue weighted by molar-refractivity contribution is 0.0989. The van der Waals surface area contributed by atoms with E-state index < -0.39 is 0 Å². The normalized spacial score (nSPS) is 15.0. The lowest BCUT2D eigenvalue weighted by atomic mass is 10.1. The van der Waals surface area contributed by atoms with E-state index in [1.54, 1.807) is 0 Å². The first kappa shape index (κ1) is 14.0. The van der Waals surface area contributed by atoms with Crippen molar-refractivity contribution >= 4 is 27.6 Å². The summed E-state index contributed by atoms with van der Waals surface area (Å²) >= 11 is 0. The third-order valence-corrected chi connectivity index (χ3v) is 5.04. The van der Waals surface area contributed by atoms with Crippen molar-refractivity contribution in [2.24, 2.45) is 5.14 Å². The number of hydrogen-bond acceptors (Lipinski definition) is 2. The zero-order valence-corrected chi connectivity index (χ0v) is 12.8. The van der Waals surface area contributed by atoms with Crippen molar-refractivity contribution < 1.29 is 4.79 Å². The minimum Gasteiger partial charge on any atom is -0.308 e. The molecule has 2 N–H and O–H groups in total. The summed E-state index contributed by atoms with van der Waals surface area (Å²) in [6.07, 6.45) is 0.892. The maximum atomic E-state index is 12.6. The van der Waals surface area contributed by atoms with Crippen LogP contribution in [0.5, 0.6) is 0 Å². The first-order valence-corrected chi connectivity index (χ1v) is 8.32. The van der Waals surface area contributed by atoms with E-state index in [0.29, 0.717) is 0 Å². The number of fused-ring (bicyclic) bond motifs is 1. The number of amides is 1. The van der Waals surface area contributed by atoms with Crippen LogP contribution in [0, 0.1) is 0 Å². The number of hydrogen-bond donors (Lipinski definition) is 1. The lowest BCUT2D eigenvalue weighted by Crippen LogP contribution is -2.28. The largest absolute Gasteiger partial charge is 0.308 e. The molecule has 1 aliphatic heterocycles. The number of anilines is 1. The molecule has 1 unspecified atom stereocenters. The van der Waals surface area contributed by atoms with Gasteiger partial charge in [0.2, 0.25) is 0 Å². The molecule has 0 spiro atoms. The van der Waals surface area contributed by atoms with E-state index in [2.05, 4.69) is 6.07 Å². The van der Waals surface area contributed by atoms with Gasteiger partial charge in [0.05, 0.1) is 0 Å². The Morgan fingerprint density at radius 1 is 1.24 bits per heavy atom. The summed E-state index contributed by atoms with van der Waals surface area (Å²) in [4.78, 5) is 15.6. The predicted molar refractivity (Wildman–Crippen MR) is 90.0 cm³/mol. The lowest BCUT2D eigenvalue weighted by Gasteiger charge is -2.17. The molecule has 2 aromatic rings. The molecule has 0 saturated heterocycles. The van der Waals surface area contributed by atoms with E-state index in [4.69, 9.17) is 5.14 Å². The first-order valence-electron chi connectivity index (χ1n) is 6.97. The highest BCUT2D eigenvalue weighted by molar-refractivity contribution is 8.13. The van der Waals surface area contributed by atoms with E-state index in [0.717, 1.165) is 29.1 Å². The number of rotatable bonds is 2. The average Bonchev–Trinajstić information content (AvgIpc) is 2.97. The van der Waals surface area contributed by atoms with Crippen molar-refractivity contribution in [3.05, 3.63) is 59.7 Å². The summed E-state index contributed by atoms with van der Waals surface area (Å²) < 4.78 is 0. The van der Waals surface area contributed by atoms with Crippen LogP contribution in [0.3, 0.4) is 0 Å². The van der Waals surface area contributed by atoms with Crippen LogP contribution >= 0.6 is 10.7 Å². The van der Waals surface area contributed by atoms with Crippen molar-refractivity contribution in [1.29, 1.82) is 0 Å². The van der Waals surface area contributed by atoms with Gasteiger partial charge in [0.25, 0.3) is 5.91 Å². The molecule has 1 heterocycles. The minimum absolute atomic E-state index is 0.0656. The second-order valence-corrected chi connectivity index (χ2v) is 6.66. The van der Waals surface area contributed by atoms with E-state index in [1.165, 1.54) is 5.56 Å². The molecule has 1 atom stereocenters. The van der Waals surface area contributed by atoms with Gasteiger partial charge in [-0.3, -0.25) is 9.93 Å². The third kappa shape index (κ3) is 2.64. The maximum absolute atomic E-state index is 12.6. The highest BCUT2D eigenvalue weighted by Gasteiger charge is 2.25. The molecule has 3 nitrogen and oxygen atoms in total. The van der Waals surface area contributed by atoms with Crippen molar-refractivity contribution in [3.8, 4) is 0 Å². The highest BCUT2D eigenvalue weighted by Crippen LogP contribution is 2.33. The molecule has 108 valence electrons. The third-order valence-electron chi connectivity index (χ3n) is 3.74. The Labute approximate surface area is 127 Å². The van der Waals surface area contributed by atoms with Gasteiger partial charge in [-0.25, -0.2) is 0 Å². The zero-order chi connectivity index (χ0) is 14.8. The van der Waals surface area contributed by atoms with Crippen molar-refractivity contribution in [3.63, 3.8) is 0 Å². The second kappa shape index (κ2) is 5.84. The molecular weight excluding hydrogens is 280 g/mol. The van der Waals surface area contributed by atoms with Crippen LogP contribution in [0.15, 0.2) is 53.4 Å². The van der Waals surface area contributed by atoms with E-state index >= 15 is 0 Å². The molecule has 1 aliphatic rings. The number of nitrogens with zero attached hydrogens (tertiary/aromatic N) is 1. The number of carbonyl (C=O) groups is 1. The fourth-order valence-corrected chi connectivity index (χ4v) is 3.38. The molecule has 2 aromatic carbocycles. The average molecular weight is 298 g/mol. The number of nitrogens with two attached hydrogens (primary N) is 1. The summed E-state index contributed by atoms with van der Waals surface area (Å²) in [5, 5.41) is 8.07. The Morgan fingerprint density at radius 3 is 2.71 bits per heavy atom. The molecule has 0 aliphatic carbocycles. The van der Waals surface area contributed by atoms with Gasteiger partial charge >= 0.3 is 0 Å². The van der Waals surface area contributed by atoms with Crippen molar-refractivity contribution in [1.82, 2.24) is 0 Å². The van der Waals surface area contributed by atoms with Crippen LogP contribution in [0.4, 0.5) is 5.69 Å². The predicted octanol–water partition coefficient (Wildman–Crippen LogP) is 3.21. The van der Waals surface area contributed by atoms with Gasteiger partial charge in [-0.15, -0.1) is 0 Å². The van der Waals surface area contributed by atoms with E-state index in [9.17, 15) is 4.79 Å². The van der Waals surface area contributed by atoms with Gasteiger partial charge in [0.1, 0.15) is 0 Å². The summed E-state index contributed by atoms with van der Waals surface area (Å²) in [5.74, 6) is 0.0656. The topological polar surface area (TPSA) is 46.3 Å². The number of benzene rings is 2. The smallest absolute Gasteiger partial charge is 0.258 e. The molecule has 0 aromatic heterocycles. The monoisotopic (exact) mass is 298 g/mol. The molecule has 21 heavy (non-hydrogen) atoms.